The predicted molar refractivity (Wildman–Crippen MR) is 92.3 cm³/mol. The minimum Gasteiger partial charge on any atom is -0.353 e. The van der Waals surface area contributed by atoms with Gasteiger partial charge in [-0.2, -0.15) is 13.2 Å². The molecule has 1 aliphatic heterocycles. The number of hydrogen-bond acceptors (Lipinski definition) is 6. The minimum atomic E-state index is -4.47. The maximum Gasteiger partial charge on any atom is 0.435 e. The maximum absolute atomic E-state index is 12.6. The largest absolute Gasteiger partial charge is 0.435 e. The summed E-state index contributed by atoms with van der Waals surface area (Å²) in [6.45, 7) is 8.67. The number of piperazine rings is 1. The maximum atomic E-state index is 12.6. The van der Waals surface area contributed by atoms with Gasteiger partial charge < -0.3 is 9.80 Å². The first kappa shape index (κ1) is 18.3. The van der Waals surface area contributed by atoms with Gasteiger partial charge in [-0.1, -0.05) is 6.92 Å². The lowest BCUT2D eigenvalue weighted by molar-refractivity contribution is -0.141. The summed E-state index contributed by atoms with van der Waals surface area (Å²) in [7, 11) is 0. The molecular formula is C17H21F3N6. The van der Waals surface area contributed by atoms with Crippen molar-refractivity contribution in [3.63, 3.8) is 0 Å². The fourth-order valence-corrected chi connectivity index (χ4v) is 3.19. The van der Waals surface area contributed by atoms with Crippen LogP contribution in [-0.2, 0) is 12.6 Å². The third kappa shape index (κ3) is 3.71. The number of nitrogens with zero attached hydrogens (tertiary/aromatic N) is 6. The summed E-state index contributed by atoms with van der Waals surface area (Å²) in [6, 6.07) is 2.35. The SMILES string of the molecule is CCc1c(C)nc(C)nc1N1CCN(c2ccc(C(F)(F)F)nn2)CC1. The zero-order valence-electron chi connectivity index (χ0n) is 15.0. The van der Waals surface area contributed by atoms with Gasteiger partial charge in [0.2, 0.25) is 0 Å². The number of alkyl halides is 3. The minimum absolute atomic E-state index is 0.461. The van der Waals surface area contributed by atoms with Crippen LogP contribution in [0, 0.1) is 13.8 Å². The Morgan fingerprint density at radius 2 is 1.62 bits per heavy atom. The van der Waals surface area contributed by atoms with Crippen molar-refractivity contribution >= 4 is 11.6 Å². The first-order valence-corrected chi connectivity index (χ1v) is 8.54. The highest BCUT2D eigenvalue weighted by Gasteiger charge is 2.33. The average molecular weight is 366 g/mol. The fraction of sp³-hybridized carbons (Fsp3) is 0.529. The molecule has 3 heterocycles. The molecule has 0 N–H and O–H groups in total. The molecule has 140 valence electrons. The first-order valence-electron chi connectivity index (χ1n) is 8.54. The molecule has 0 saturated carbocycles. The van der Waals surface area contributed by atoms with Gasteiger partial charge in [0, 0.05) is 37.4 Å². The van der Waals surface area contributed by atoms with E-state index in [1.807, 2.05) is 18.7 Å². The third-order valence-electron chi connectivity index (χ3n) is 4.50. The Hall–Kier alpha value is -2.45. The number of aryl methyl sites for hydroxylation is 2. The smallest absolute Gasteiger partial charge is 0.353 e. The molecular weight excluding hydrogens is 345 g/mol. The molecule has 2 aromatic rings. The van der Waals surface area contributed by atoms with Crippen molar-refractivity contribution in [2.75, 3.05) is 36.0 Å². The summed E-state index contributed by atoms with van der Waals surface area (Å²) >= 11 is 0. The van der Waals surface area contributed by atoms with E-state index in [0.29, 0.717) is 32.0 Å². The number of aromatic nitrogens is 4. The molecule has 1 saturated heterocycles. The van der Waals surface area contributed by atoms with Crippen LogP contribution in [0.1, 0.15) is 29.7 Å². The van der Waals surface area contributed by atoms with Gasteiger partial charge in [-0.3, -0.25) is 0 Å². The van der Waals surface area contributed by atoms with Crippen molar-refractivity contribution in [2.24, 2.45) is 0 Å². The molecule has 0 amide bonds. The molecule has 0 unspecified atom stereocenters. The molecule has 0 aliphatic carbocycles. The Morgan fingerprint density at radius 3 is 2.15 bits per heavy atom. The third-order valence-corrected chi connectivity index (χ3v) is 4.50. The van der Waals surface area contributed by atoms with Crippen LogP contribution in [0.5, 0.6) is 0 Å². The van der Waals surface area contributed by atoms with E-state index in [9.17, 15) is 13.2 Å². The summed E-state index contributed by atoms with van der Waals surface area (Å²) < 4.78 is 37.8. The monoisotopic (exact) mass is 366 g/mol. The molecule has 0 bridgehead atoms. The van der Waals surface area contributed by atoms with Gasteiger partial charge in [-0.15, -0.1) is 10.2 Å². The molecule has 0 spiro atoms. The van der Waals surface area contributed by atoms with E-state index in [-0.39, 0.29) is 0 Å². The van der Waals surface area contributed by atoms with E-state index in [0.717, 1.165) is 35.4 Å². The van der Waals surface area contributed by atoms with Gasteiger partial charge >= 0.3 is 6.18 Å². The van der Waals surface area contributed by atoms with E-state index < -0.39 is 11.9 Å². The second kappa shape index (κ2) is 7.05. The van der Waals surface area contributed by atoms with Crippen molar-refractivity contribution in [3.05, 3.63) is 34.9 Å². The van der Waals surface area contributed by atoms with Crippen LogP contribution in [0.25, 0.3) is 0 Å². The lowest BCUT2D eigenvalue weighted by Gasteiger charge is -2.36. The summed E-state index contributed by atoms with van der Waals surface area (Å²) in [6.07, 6.45) is -3.62. The van der Waals surface area contributed by atoms with E-state index in [1.54, 1.807) is 0 Å². The van der Waals surface area contributed by atoms with Crippen LogP contribution in [-0.4, -0.2) is 46.3 Å². The molecule has 2 aromatic heterocycles. The summed E-state index contributed by atoms with van der Waals surface area (Å²) in [5.74, 6) is 2.16. The normalized spacial score (nSPS) is 15.5. The van der Waals surface area contributed by atoms with Crippen molar-refractivity contribution in [1.29, 1.82) is 0 Å². The van der Waals surface area contributed by atoms with Gasteiger partial charge in [0.25, 0.3) is 0 Å². The lowest BCUT2D eigenvalue weighted by Crippen LogP contribution is -2.47. The quantitative estimate of drug-likeness (QED) is 0.833. The van der Waals surface area contributed by atoms with Crippen LogP contribution in [0.15, 0.2) is 12.1 Å². The van der Waals surface area contributed by atoms with Crippen LogP contribution in [0.3, 0.4) is 0 Å². The predicted octanol–water partition coefficient (Wildman–Crippen LogP) is 2.79. The molecule has 0 radical (unpaired) electrons. The summed E-state index contributed by atoms with van der Waals surface area (Å²) in [5, 5.41) is 7.04. The fourth-order valence-electron chi connectivity index (χ4n) is 3.19. The summed E-state index contributed by atoms with van der Waals surface area (Å²) in [5.41, 5.74) is 1.16. The summed E-state index contributed by atoms with van der Waals surface area (Å²) in [4.78, 5) is 13.2. The standard InChI is InChI=1S/C17H21F3N6/c1-4-13-11(2)21-12(3)22-16(13)26-9-7-25(8-10-26)15-6-5-14(23-24-15)17(18,19)20/h5-6H,4,7-10H2,1-3H3. The van der Waals surface area contributed by atoms with E-state index >= 15 is 0 Å². The number of hydrogen-bond donors (Lipinski definition) is 0. The van der Waals surface area contributed by atoms with Crippen LogP contribution in [0.2, 0.25) is 0 Å². The molecule has 0 atom stereocenters. The highest BCUT2D eigenvalue weighted by Crippen LogP contribution is 2.28. The zero-order valence-corrected chi connectivity index (χ0v) is 15.0. The molecule has 9 heteroatoms. The molecule has 1 aliphatic rings. The Bertz CT molecular complexity index is 767. The van der Waals surface area contributed by atoms with Crippen molar-refractivity contribution < 1.29 is 13.2 Å². The van der Waals surface area contributed by atoms with E-state index in [2.05, 4.69) is 32.0 Å². The van der Waals surface area contributed by atoms with Gasteiger partial charge in [-0.25, -0.2) is 9.97 Å². The number of halogens is 3. The van der Waals surface area contributed by atoms with Crippen LogP contribution >= 0.6 is 0 Å². The molecule has 0 aromatic carbocycles. The molecule has 3 rings (SSSR count). The van der Waals surface area contributed by atoms with Gasteiger partial charge in [-0.05, 0) is 32.4 Å². The van der Waals surface area contributed by atoms with Gasteiger partial charge in [0.05, 0.1) is 0 Å². The van der Waals surface area contributed by atoms with Gasteiger partial charge in [0.15, 0.2) is 11.5 Å². The zero-order chi connectivity index (χ0) is 18.9. The van der Waals surface area contributed by atoms with E-state index in [4.69, 9.17) is 0 Å². The van der Waals surface area contributed by atoms with Crippen molar-refractivity contribution in [1.82, 2.24) is 20.2 Å². The Balaban J connectivity index is 1.72. The second-order valence-corrected chi connectivity index (χ2v) is 6.26. The lowest BCUT2D eigenvalue weighted by atomic mass is 10.1. The average Bonchev–Trinajstić information content (AvgIpc) is 2.61. The van der Waals surface area contributed by atoms with Crippen LogP contribution < -0.4 is 9.80 Å². The molecule has 1 fully saturated rings. The van der Waals surface area contributed by atoms with Crippen molar-refractivity contribution in [2.45, 2.75) is 33.4 Å². The van der Waals surface area contributed by atoms with Gasteiger partial charge in [0.1, 0.15) is 11.6 Å². The molecule has 26 heavy (non-hydrogen) atoms. The highest BCUT2D eigenvalue weighted by molar-refractivity contribution is 5.51. The van der Waals surface area contributed by atoms with Crippen LogP contribution in [0.4, 0.5) is 24.8 Å². The number of rotatable bonds is 3. The Morgan fingerprint density at radius 1 is 0.962 bits per heavy atom. The topological polar surface area (TPSA) is 58.0 Å². The van der Waals surface area contributed by atoms with E-state index in [1.165, 1.54) is 6.07 Å². The first-order chi connectivity index (χ1) is 12.3. The Labute approximate surface area is 150 Å². The van der Waals surface area contributed by atoms with Crippen molar-refractivity contribution in [3.8, 4) is 0 Å². The number of anilines is 2. The molecule has 6 nitrogen and oxygen atoms in total. The highest BCUT2D eigenvalue weighted by atomic mass is 19.4. The second-order valence-electron chi connectivity index (χ2n) is 6.26. The Kier molecular flexibility index (Phi) is 4.97.